The predicted octanol–water partition coefficient (Wildman–Crippen LogP) is 1.44. The Morgan fingerprint density at radius 1 is 1.45 bits per heavy atom. The number of aryl methyl sites for hydroxylation is 1. The lowest BCUT2D eigenvalue weighted by atomic mass is 10.1. The highest BCUT2D eigenvalue weighted by molar-refractivity contribution is 5.75. The highest BCUT2D eigenvalue weighted by Gasteiger charge is 2.28. The summed E-state index contributed by atoms with van der Waals surface area (Å²) < 4.78 is 0. The number of carbonyl (C=O) groups excluding carboxylic acids is 2. The van der Waals surface area contributed by atoms with E-state index in [1.54, 1.807) is 14.0 Å². The number of hydrogen-bond acceptors (Lipinski definition) is 3. The molecule has 20 heavy (non-hydrogen) atoms. The van der Waals surface area contributed by atoms with E-state index in [1.165, 1.54) is 0 Å². The van der Waals surface area contributed by atoms with Gasteiger partial charge in [0.15, 0.2) is 0 Å². The zero-order chi connectivity index (χ0) is 14.5. The van der Waals surface area contributed by atoms with Crippen LogP contribution in [0.1, 0.15) is 43.6 Å². The van der Waals surface area contributed by atoms with Gasteiger partial charge in [0.2, 0.25) is 11.8 Å². The van der Waals surface area contributed by atoms with E-state index in [-0.39, 0.29) is 17.9 Å². The van der Waals surface area contributed by atoms with Crippen molar-refractivity contribution in [2.24, 2.45) is 0 Å². The van der Waals surface area contributed by atoms with E-state index in [9.17, 15) is 9.59 Å². The second kappa shape index (κ2) is 6.50. The SMILES string of the molecule is CNC(=O)CCc1cccc(C2CCCN2C(C)=O)n1. The molecule has 1 unspecified atom stereocenters. The van der Waals surface area contributed by atoms with Crippen molar-refractivity contribution in [3.05, 3.63) is 29.6 Å². The molecule has 0 saturated carbocycles. The molecule has 1 fully saturated rings. The molecule has 1 aliphatic rings. The van der Waals surface area contributed by atoms with Crippen LogP contribution in [0.5, 0.6) is 0 Å². The van der Waals surface area contributed by atoms with E-state index in [0.717, 1.165) is 30.8 Å². The Morgan fingerprint density at radius 2 is 2.25 bits per heavy atom. The number of amides is 2. The molecule has 1 aromatic heterocycles. The third-order valence-electron chi connectivity index (χ3n) is 3.71. The smallest absolute Gasteiger partial charge is 0.220 e. The van der Waals surface area contributed by atoms with E-state index in [4.69, 9.17) is 0 Å². The van der Waals surface area contributed by atoms with E-state index < -0.39 is 0 Å². The lowest BCUT2D eigenvalue weighted by molar-refractivity contribution is -0.129. The van der Waals surface area contributed by atoms with Gasteiger partial charge in [0.05, 0.1) is 11.7 Å². The van der Waals surface area contributed by atoms with Gasteiger partial charge in [-0.2, -0.15) is 0 Å². The summed E-state index contributed by atoms with van der Waals surface area (Å²) in [6.45, 7) is 2.41. The van der Waals surface area contributed by atoms with Gasteiger partial charge in [0.1, 0.15) is 0 Å². The van der Waals surface area contributed by atoms with Crippen molar-refractivity contribution in [1.29, 1.82) is 0 Å². The number of hydrogen-bond donors (Lipinski definition) is 1. The lowest BCUT2D eigenvalue weighted by Gasteiger charge is -2.23. The standard InChI is InChI=1S/C15H21N3O2/c1-11(19)18-10-4-7-14(18)13-6-3-5-12(17-13)8-9-15(20)16-2/h3,5-6,14H,4,7-10H2,1-2H3,(H,16,20). The van der Waals surface area contributed by atoms with Crippen LogP contribution in [0.15, 0.2) is 18.2 Å². The summed E-state index contributed by atoms with van der Waals surface area (Å²) in [4.78, 5) is 29.4. The molecule has 1 aliphatic heterocycles. The van der Waals surface area contributed by atoms with E-state index in [2.05, 4.69) is 10.3 Å². The van der Waals surface area contributed by atoms with Gasteiger partial charge in [-0.1, -0.05) is 6.07 Å². The van der Waals surface area contributed by atoms with Crippen LogP contribution in [0.2, 0.25) is 0 Å². The van der Waals surface area contributed by atoms with Gasteiger partial charge in [-0.25, -0.2) is 0 Å². The number of nitrogens with one attached hydrogen (secondary N) is 1. The van der Waals surface area contributed by atoms with Crippen molar-refractivity contribution in [3.8, 4) is 0 Å². The Hall–Kier alpha value is -1.91. The molecule has 1 N–H and O–H groups in total. The second-order valence-corrected chi connectivity index (χ2v) is 5.10. The highest BCUT2D eigenvalue weighted by Crippen LogP contribution is 2.30. The van der Waals surface area contributed by atoms with Crippen LogP contribution in [-0.4, -0.2) is 35.3 Å². The van der Waals surface area contributed by atoms with E-state index >= 15 is 0 Å². The Kier molecular flexibility index (Phi) is 4.71. The van der Waals surface area contributed by atoms with Gasteiger partial charge in [0, 0.05) is 32.6 Å². The fourth-order valence-corrected chi connectivity index (χ4v) is 2.64. The average molecular weight is 275 g/mol. The van der Waals surface area contributed by atoms with Gasteiger partial charge in [0.25, 0.3) is 0 Å². The molecule has 1 aromatic rings. The van der Waals surface area contributed by atoms with Crippen molar-refractivity contribution in [3.63, 3.8) is 0 Å². The van der Waals surface area contributed by atoms with Gasteiger partial charge in [-0.05, 0) is 31.4 Å². The Balaban J connectivity index is 2.09. The summed E-state index contributed by atoms with van der Waals surface area (Å²) in [5.41, 5.74) is 1.84. The Bertz CT molecular complexity index is 502. The Morgan fingerprint density at radius 3 is 2.95 bits per heavy atom. The van der Waals surface area contributed by atoms with E-state index in [0.29, 0.717) is 12.8 Å². The first-order chi connectivity index (χ1) is 9.61. The molecule has 0 bridgehead atoms. The highest BCUT2D eigenvalue weighted by atomic mass is 16.2. The molecule has 108 valence electrons. The normalized spacial score (nSPS) is 18.1. The summed E-state index contributed by atoms with van der Waals surface area (Å²) in [6, 6.07) is 5.94. The summed E-state index contributed by atoms with van der Waals surface area (Å²) in [5, 5.41) is 2.61. The molecule has 5 heteroatoms. The number of likely N-dealkylation sites (tertiary alicyclic amines) is 1. The second-order valence-electron chi connectivity index (χ2n) is 5.10. The number of rotatable bonds is 4. The van der Waals surface area contributed by atoms with Crippen LogP contribution in [0.4, 0.5) is 0 Å². The fraction of sp³-hybridized carbons (Fsp3) is 0.533. The van der Waals surface area contributed by atoms with Gasteiger partial charge >= 0.3 is 0 Å². The molecule has 0 aliphatic carbocycles. The minimum Gasteiger partial charge on any atom is -0.359 e. The van der Waals surface area contributed by atoms with Crippen LogP contribution in [-0.2, 0) is 16.0 Å². The summed E-state index contributed by atoms with van der Waals surface area (Å²) >= 11 is 0. The molecular weight excluding hydrogens is 254 g/mol. The van der Waals surface area contributed by atoms with Gasteiger partial charge in [-0.15, -0.1) is 0 Å². The van der Waals surface area contributed by atoms with Crippen molar-refractivity contribution >= 4 is 11.8 Å². The molecule has 1 saturated heterocycles. The van der Waals surface area contributed by atoms with Crippen molar-refractivity contribution in [2.75, 3.05) is 13.6 Å². The number of pyridine rings is 1. The maximum absolute atomic E-state index is 11.6. The maximum Gasteiger partial charge on any atom is 0.220 e. The fourth-order valence-electron chi connectivity index (χ4n) is 2.64. The third kappa shape index (κ3) is 3.35. The average Bonchev–Trinajstić information content (AvgIpc) is 2.94. The maximum atomic E-state index is 11.6. The van der Waals surface area contributed by atoms with Crippen LogP contribution in [0, 0.1) is 0 Å². The minimum absolute atomic E-state index is 0.0171. The number of aromatic nitrogens is 1. The lowest BCUT2D eigenvalue weighted by Crippen LogP contribution is -2.28. The van der Waals surface area contributed by atoms with Crippen molar-refractivity contribution in [2.45, 2.75) is 38.6 Å². The first-order valence-corrected chi connectivity index (χ1v) is 7.05. The molecule has 2 amide bonds. The van der Waals surface area contributed by atoms with Crippen LogP contribution in [0.25, 0.3) is 0 Å². The van der Waals surface area contributed by atoms with Crippen molar-refractivity contribution in [1.82, 2.24) is 15.2 Å². The minimum atomic E-state index is 0.0171. The zero-order valence-electron chi connectivity index (χ0n) is 12.1. The van der Waals surface area contributed by atoms with Crippen LogP contribution >= 0.6 is 0 Å². The third-order valence-corrected chi connectivity index (χ3v) is 3.71. The predicted molar refractivity (Wildman–Crippen MR) is 76.0 cm³/mol. The molecule has 5 nitrogen and oxygen atoms in total. The first kappa shape index (κ1) is 14.5. The van der Waals surface area contributed by atoms with E-state index in [1.807, 2.05) is 23.1 Å². The summed E-state index contributed by atoms with van der Waals surface area (Å²) in [7, 11) is 1.63. The van der Waals surface area contributed by atoms with Gasteiger partial charge in [-0.3, -0.25) is 14.6 Å². The summed E-state index contributed by atoms with van der Waals surface area (Å²) in [5.74, 6) is 0.119. The molecular formula is C15H21N3O2. The molecule has 0 aromatic carbocycles. The summed E-state index contributed by atoms with van der Waals surface area (Å²) in [6.07, 6.45) is 3.05. The largest absolute Gasteiger partial charge is 0.359 e. The van der Waals surface area contributed by atoms with Gasteiger partial charge < -0.3 is 10.2 Å². The molecule has 2 heterocycles. The first-order valence-electron chi connectivity index (χ1n) is 7.05. The monoisotopic (exact) mass is 275 g/mol. The van der Waals surface area contributed by atoms with Crippen LogP contribution in [0.3, 0.4) is 0 Å². The molecule has 0 radical (unpaired) electrons. The quantitative estimate of drug-likeness (QED) is 0.904. The molecule has 1 atom stereocenters. The molecule has 0 spiro atoms. The zero-order valence-corrected chi connectivity index (χ0v) is 12.1. The topological polar surface area (TPSA) is 62.3 Å². The van der Waals surface area contributed by atoms with Crippen molar-refractivity contribution < 1.29 is 9.59 Å². The number of nitrogens with zero attached hydrogens (tertiary/aromatic N) is 2. The molecule has 2 rings (SSSR count). The van der Waals surface area contributed by atoms with Crippen LogP contribution < -0.4 is 5.32 Å². The Labute approximate surface area is 119 Å². The number of carbonyl (C=O) groups is 2.